The second-order valence-corrected chi connectivity index (χ2v) is 8.24. The second kappa shape index (κ2) is 7.17. The molecule has 1 fully saturated rings. The molecule has 1 saturated carbocycles. The van der Waals surface area contributed by atoms with Crippen LogP contribution in [-0.4, -0.2) is 45.2 Å². The normalized spacial score (nSPS) is 22.9. The van der Waals surface area contributed by atoms with E-state index in [1.165, 1.54) is 11.1 Å². The lowest BCUT2D eigenvalue weighted by atomic mass is 9.86. The van der Waals surface area contributed by atoms with Crippen LogP contribution in [-0.2, 0) is 11.3 Å². The third-order valence-electron chi connectivity index (χ3n) is 6.26. The molecule has 1 aliphatic carbocycles. The van der Waals surface area contributed by atoms with Crippen LogP contribution in [0.1, 0.15) is 44.6 Å². The number of benzene rings is 1. The quantitative estimate of drug-likeness (QED) is 0.859. The first-order valence-electron chi connectivity index (χ1n) is 10.5. The second-order valence-electron chi connectivity index (χ2n) is 8.24. The van der Waals surface area contributed by atoms with E-state index in [9.17, 15) is 9.59 Å². The van der Waals surface area contributed by atoms with E-state index in [0.29, 0.717) is 11.9 Å². The van der Waals surface area contributed by atoms with Gasteiger partial charge in [0.05, 0.1) is 5.69 Å². The molecule has 1 N–H and O–H groups in total. The molecule has 8 nitrogen and oxygen atoms in total. The van der Waals surface area contributed by atoms with E-state index >= 15 is 0 Å². The molecule has 3 aliphatic rings. The zero-order valence-corrected chi connectivity index (χ0v) is 16.7. The van der Waals surface area contributed by atoms with E-state index in [-0.39, 0.29) is 24.2 Å². The number of fused-ring (bicyclic) bond motifs is 6. The highest BCUT2D eigenvalue weighted by Gasteiger charge is 2.33. The van der Waals surface area contributed by atoms with Crippen LogP contribution < -0.4 is 15.9 Å². The Labute approximate surface area is 169 Å². The summed E-state index contributed by atoms with van der Waals surface area (Å²) in [6.07, 6.45) is 5.41. The fraction of sp³-hybridized carbons (Fsp3) is 0.524. The molecule has 8 heteroatoms. The van der Waals surface area contributed by atoms with E-state index in [2.05, 4.69) is 22.3 Å². The minimum absolute atomic E-state index is 0.0649. The number of amidine groups is 1. The molecule has 1 aromatic heterocycles. The van der Waals surface area contributed by atoms with E-state index in [1.54, 1.807) is 4.57 Å². The van der Waals surface area contributed by atoms with Gasteiger partial charge in [0.25, 0.3) is 0 Å². The number of anilines is 1. The van der Waals surface area contributed by atoms with E-state index in [0.717, 1.165) is 55.9 Å². The predicted molar refractivity (Wildman–Crippen MR) is 111 cm³/mol. The van der Waals surface area contributed by atoms with E-state index in [1.807, 2.05) is 29.2 Å². The monoisotopic (exact) mass is 394 g/mol. The average Bonchev–Trinajstić information content (AvgIpc) is 3.06. The lowest BCUT2D eigenvalue weighted by Crippen LogP contribution is -2.44. The van der Waals surface area contributed by atoms with Crippen molar-refractivity contribution in [1.29, 1.82) is 0 Å². The number of carbonyl (C=O) groups is 1. The molecule has 0 bridgehead atoms. The summed E-state index contributed by atoms with van der Waals surface area (Å²) in [5, 5.41) is 7.65. The lowest BCUT2D eigenvalue weighted by Gasteiger charge is -2.33. The predicted octanol–water partition coefficient (Wildman–Crippen LogP) is 1.70. The van der Waals surface area contributed by atoms with Crippen LogP contribution in [0, 0.1) is 5.92 Å². The Kier molecular flexibility index (Phi) is 4.49. The van der Waals surface area contributed by atoms with Gasteiger partial charge in [-0.05, 0) is 37.3 Å². The Morgan fingerprint density at radius 3 is 2.90 bits per heavy atom. The topological polar surface area (TPSA) is 84.5 Å². The number of carbonyl (C=O) groups excluding carboxylic acids is 1. The zero-order valence-electron chi connectivity index (χ0n) is 16.7. The van der Waals surface area contributed by atoms with Crippen LogP contribution in [0.3, 0.4) is 0 Å². The van der Waals surface area contributed by atoms with Crippen molar-refractivity contribution in [1.82, 2.24) is 19.7 Å². The van der Waals surface area contributed by atoms with Gasteiger partial charge in [0.15, 0.2) is 0 Å². The minimum atomic E-state index is -0.288. The number of aliphatic imine (C=N–C) groups is 1. The molecular weight excluding hydrogens is 368 g/mol. The van der Waals surface area contributed by atoms with Gasteiger partial charge in [-0.2, -0.15) is 0 Å². The first-order chi connectivity index (χ1) is 14.1. The lowest BCUT2D eigenvalue weighted by molar-refractivity contribution is -0.123. The Bertz CT molecular complexity index is 1040. The maximum Gasteiger partial charge on any atom is 0.352 e. The van der Waals surface area contributed by atoms with Crippen LogP contribution in [0.4, 0.5) is 5.95 Å². The fourth-order valence-electron chi connectivity index (χ4n) is 4.69. The van der Waals surface area contributed by atoms with Crippen LogP contribution >= 0.6 is 0 Å². The van der Waals surface area contributed by atoms with Gasteiger partial charge in [-0.25, -0.2) is 14.0 Å². The first kappa shape index (κ1) is 18.1. The Morgan fingerprint density at radius 1 is 1.21 bits per heavy atom. The van der Waals surface area contributed by atoms with Crippen molar-refractivity contribution in [3.8, 4) is 5.69 Å². The maximum absolute atomic E-state index is 13.2. The van der Waals surface area contributed by atoms with Crippen molar-refractivity contribution in [2.24, 2.45) is 10.9 Å². The number of nitrogens with one attached hydrogen (secondary N) is 1. The van der Waals surface area contributed by atoms with Crippen LogP contribution in [0.5, 0.6) is 0 Å². The number of para-hydroxylation sites is 1. The molecule has 5 rings (SSSR count). The van der Waals surface area contributed by atoms with Gasteiger partial charge in [0.2, 0.25) is 11.9 Å². The van der Waals surface area contributed by atoms with Gasteiger partial charge in [-0.15, -0.1) is 5.10 Å². The molecule has 2 aromatic rings. The Morgan fingerprint density at radius 2 is 2.03 bits per heavy atom. The van der Waals surface area contributed by atoms with E-state index in [4.69, 9.17) is 0 Å². The van der Waals surface area contributed by atoms with Crippen molar-refractivity contribution >= 4 is 17.7 Å². The maximum atomic E-state index is 13.2. The third-order valence-corrected chi connectivity index (χ3v) is 6.26. The van der Waals surface area contributed by atoms with E-state index < -0.39 is 0 Å². The summed E-state index contributed by atoms with van der Waals surface area (Å²) in [5.41, 5.74) is 1.42. The van der Waals surface area contributed by atoms with Gasteiger partial charge in [0.1, 0.15) is 12.4 Å². The average molecular weight is 394 g/mol. The summed E-state index contributed by atoms with van der Waals surface area (Å²) in [6.45, 7) is 3.65. The smallest absolute Gasteiger partial charge is 0.351 e. The number of hydrogen-bond donors (Lipinski definition) is 1. The molecule has 0 spiro atoms. The molecule has 3 heterocycles. The van der Waals surface area contributed by atoms with Crippen LogP contribution in [0.25, 0.3) is 5.69 Å². The third kappa shape index (κ3) is 3.07. The summed E-state index contributed by atoms with van der Waals surface area (Å²) in [6, 6.07) is 7.93. The van der Waals surface area contributed by atoms with Gasteiger partial charge in [-0.1, -0.05) is 31.9 Å². The molecule has 0 saturated heterocycles. The number of hydrogen-bond acceptors (Lipinski definition) is 5. The Hall–Kier alpha value is -2.90. The fourth-order valence-corrected chi connectivity index (χ4v) is 4.69. The Balaban J connectivity index is 1.47. The van der Waals surface area contributed by atoms with Crippen LogP contribution in [0.15, 0.2) is 34.1 Å². The standard InChI is InChI=1S/C21H26N6O2/c1-14-7-2-4-9-16(14)23-18(28)13-26-21(29)27-17-10-5-3-8-15(17)19-22-11-6-12-25(19)20(27)24-26/h3,5,8,10,14,16H,2,4,6-7,9,11-13H2,1H3,(H,23,28)/t14-,16-/m0/s1. The molecule has 29 heavy (non-hydrogen) atoms. The molecule has 2 atom stereocenters. The van der Waals surface area contributed by atoms with Crippen molar-refractivity contribution in [3.63, 3.8) is 0 Å². The number of nitrogens with zero attached hydrogens (tertiary/aromatic N) is 5. The first-order valence-corrected chi connectivity index (χ1v) is 10.5. The molecule has 152 valence electrons. The molecule has 0 radical (unpaired) electrons. The SMILES string of the molecule is C[C@H]1CCCC[C@@H]1NC(=O)Cn1nc2n(c1=O)-c1ccccc1C1=NCCCN12. The highest BCUT2D eigenvalue weighted by molar-refractivity contribution is 6.13. The summed E-state index contributed by atoms with van der Waals surface area (Å²) in [5.74, 6) is 1.73. The molecule has 1 amide bonds. The number of amides is 1. The number of aromatic nitrogens is 3. The molecule has 0 unspecified atom stereocenters. The summed E-state index contributed by atoms with van der Waals surface area (Å²) in [4.78, 5) is 32.5. The van der Waals surface area contributed by atoms with Gasteiger partial charge in [0, 0.05) is 24.7 Å². The largest absolute Gasteiger partial charge is 0.352 e. The van der Waals surface area contributed by atoms with Crippen molar-refractivity contribution in [3.05, 3.63) is 40.3 Å². The highest BCUT2D eigenvalue weighted by atomic mass is 16.2. The molecule has 1 aromatic carbocycles. The van der Waals surface area contributed by atoms with Gasteiger partial charge < -0.3 is 5.32 Å². The van der Waals surface area contributed by atoms with Crippen molar-refractivity contribution in [2.45, 2.75) is 51.6 Å². The van der Waals surface area contributed by atoms with Gasteiger partial charge >= 0.3 is 5.69 Å². The van der Waals surface area contributed by atoms with Crippen molar-refractivity contribution in [2.75, 3.05) is 18.0 Å². The van der Waals surface area contributed by atoms with Crippen molar-refractivity contribution < 1.29 is 4.79 Å². The minimum Gasteiger partial charge on any atom is -0.351 e. The summed E-state index contributed by atoms with van der Waals surface area (Å²) < 4.78 is 2.89. The highest BCUT2D eigenvalue weighted by Crippen LogP contribution is 2.29. The molecular formula is C21H26N6O2. The summed E-state index contributed by atoms with van der Waals surface area (Å²) in [7, 11) is 0. The molecule has 2 aliphatic heterocycles. The summed E-state index contributed by atoms with van der Waals surface area (Å²) >= 11 is 0. The number of rotatable bonds is 3. The zero-order chi connectivity index (χ0) is 20.0. The van der Waals surface area contributed by atoms with Gasteiger partial charge in [-0.3, -0.25) is 14.7 Å². The van der Waals surface area contributed by atoms with Crippen LogP contribution in [0.2, 0.25) is 0 Å².